The first-order valence-corrected chi connectivity index (χ1v) is 7.02. The fraction of sp³-hybridized carbons (Fsp3) is 0.500. The summed E-state index contributed by atoms with van der Waals surface area (Å²) in [7, 11) is 0. The first kappa shape index (κ1) is 16.0. The van der Waals surface area contributed by atoms with Crippen LogP contribution < -0.4 is 5.32 Å². The molecule has 0 atom stereocenters. The lowest BCUT2D eigenvalue weighted by atomic mass is 10.2. The number of carbonyl (C=O) groups is 1. The summed E-state index contributed by atoms with van der Waals surface area (Å²) in [5.74, 6) is -0.896. The standard InChI is InChI=1S/C14H21FN2OS/c1-3-17(4-2)9-5-8-16-14(18)12-10-11(19)6-7-13(12)15/h6-7,10,19H,3-5,8-9H2,1-2H3,(H,16,18). The summed E-state index contributed by atoms with van der Waals surface area (Å²) in [6.07, 6.45) is 0.857. The number of thiol groups is 1. The van der Waals surface area contributed by atoms with Crippen molar-refractivity contribution in [2.75, 3.05) is 26.2 Å². The molecule has 106 valence electrons. The second-order valence-corrected chi connectivity index (χ2v) is 4.82. The third-order valence-corrected chi connectivity index (χ3v) is 3.30. The van der Waals surface area contributed by atoms with Crippen molar-refractivity contribution < 1.29 is 9.18 Å². The lowest BCUT2D eigenvalue weighted by Crippen LogP contribution is -2.30. The van der Waals surface area contributed by atoms with Gasteiger partial charge in [-0.1, -0.05) is 13.8 Å². The zero-order valence-electron chi connectivity index (χ0n) is 11.4. The van der Waals surface area contributed by atoms with Crippen molar-refractivity contribution in [1.82, 2.24) is 10.2 Å². The smallest absolute Gasteiger partial charge is 0.254 e. The van der Waals surface area contributed by atoms with Crippen molar-refractivity contribution in [3.63, 3.8) is 0 Å². The summed E-state index contributed by atoms with van der Waals surface area (Å²) in [5, 5.41) is 2.73. The quantitative estimate of drug-likeness (QED) is 0.596. The van der Waals surface area contributed by atoms with Crippen LogP contribution in [0.5, 0.6) is 0 Å². The average molecular weight is 284 g/mol. The van der Waals surface area contributed by atoms with E-state index in [4.69, 9.17) is 0 Å². The molecule has 0 unspecified atom stereocenters. The number of halogens is 1. The van der Waals surface area contributed by atoms with Gasteiger partial charge in [0.1, 0.15) is 5.82 Å². The van der Waals surface area contributed by atoms with Crippen LogP contribution in [0.25, 0.3) is 0 Å². The number of hydrogen-bond donors (Lipinski definition) is 2. The van der Waals surface area contributed by atoms with Crippen molar-refractivity contribution in [2.24, 2.45) is 0 Å². The second kappa shape index (κ2) is 8.17. The van der Waals surface area contributed by atoms with E-state index in [1.165, 1.54) is 18.2 Å². The monoisotopic (exact) mass is 284 g/mol. The van der Waals surface area contributed by atoms with Crippen molar-refractivity contribution >= 4 is 18.5 Å². The van der Waals surface area contributed by atoms with E-state index in [-0.39, 0.29) is 11.5 Å². The van der Waals surface area contributed by atoms with Crippen LogP contribution in [0.4, 0.5) is 4.39 Å². The maximum absolute atomic E-state index is 13.5. The largest absolute Gasteiger partial charge is 0.352 e. The summed E-state index contributed by atoms with van der Waals surface area (Å²) < 4.78 is 13.5. The fourth-order valence-electron chi connectivity index (χ4n) is 1.83. The van der Waals surface area contributed by atoms with Gasteiger partial charge in [-0.05, 0) is 44.3 Å². The number of nitrogens with zero attached hydrogens (tertiary/aromatic N) is 1. The molecule has 19 heavy (non-hydrogen) atoms. The molecule has 0 radical (unpaired) electrons. The molecule has 3 nitrogen and oxygen atoms in total. The van der Waals surface area contributed by atoms with Crippen molar-refractivity contribution in [2.45, 2.75) is 25.2 Å². The molecule has 0 bridgehead atoms. The van der Waals surface area contributed by atoms with Crippen LogP contribution in [0.3, 0.4) is 0 Å². The zero-order chi connectivity index (χ0) is 14.3. The molecule has 0 aliphatic heterocycles. The molecule has 1 rings (SSSR count). The van der Waals surface area contributed by atoms with Gasteiger partial charge in [0, 0.05) is 11.4 Å². The number of nitrogens with one attached hydrogen (secondary N) is 1. The molecule has 0 spiro atoms. The number of rotatable bonds is 7. The first-order chi connectivity index (χ1) is 9.08. The maximum Gasteiger partial charge on any atom is 0.254 e. The Bertz CT molecular complexity index is 422. The van der Waals surface area contributed by atoms with E-state index in [2.05, 4.69) is 36.7 Å². The maximum atomic E-state index is 13.5. The summed E-state index contributed by atoms with van der Waals surface area (Å²) in [6, 6.07) is 4.22. The number of hydrogen-bond acceptors (Lipinski definition) is 3. The highest BCUT2D eigenvalue weighted by molar-refractivity contribution is 7.80. The number of amides is 1. The zero-order valence-corrected chi connectivity index (χ0v) is 12.3. The van der Waals surface area contributed by atoms with Crippen LogP contribution in [-0.4, -0.2) is 37.0 Å². The summed E-state index contributed by atoms with van der Waals surface area (Å²) in [5.41, 5.74) is 0.0512. The predicted molar refractivity (Wildman–Crippen MR) is 78.4 cm³/mol. The minimum atomic E-state index is -0.515. The first-order valence-electron chi connectivity index (χ1n) is 6.57. The van der Waals surface area contributed by atoms with Gasteiger partial charge in [0.05, 0.1) is 5.56 Å². The minimum absolute atomic E-state index is 0.0512. The van der Waals surface area contributed by atoms with Gasteiger partial charge in [-0.2, -0.15) is 0 Å². The molecule has 0 saturated carbocycles. The number of benzene rings is 1. The fourth-order valence-corrected chi connectivity index (χ4v) is 2.03. The SMILES string of the molecule is CCN(CC)CCCNC(=O)c1cc(S)ccc1F. The van der Waals surface area contributed by atoms with Crippen LogP contribution in [-0.2, 0) is 0 Å². The summed E-state index contributed by atoms with van der Waals surface area (Å²) >= 11 is 4.10. The van der Waals surface area contributed by atoms with Crippen LogP contribution >= 0.6 is 12.6 Å². The van der Waals surface area contributed by atoms with Gasteiger partial charge in [0.15, 0.2) is 0 Å². The molecule has 0 aliphatic carbocycles. The van der Waals surface area contributed by atoms with Gasteiger partial charge in [-0.3, -0.25) is 4.79 Å². The molecular formula is C14H21FN2OS. The Kier molecular flexibility index (Phi) is 6.87. The Labute approximate surface area is 119 Å². The summed E-state index contributed by atoms with van der Waals surface area (Å²) in [6.45, 7) is 7.70. The van der Waals surface area contributed by atoms with Gasteiger partial charge in [0.25, 0.3) is 5.91 Å². The highest BCUT2D eigenvalue weighted by Crippen LogP contribution is 2.13. The Morgan fingerprint density at radius 3 is 2.68 bits per heavy atom. The van der Waals surface area contributed by atoms with Crippen LogP contribution in [0, 0.1) is 5.82 Å². The minimum Gasteiger partial charge on any atom is -0.352 e. The third-order valence-electron chi connectivity index (χ3n) is 3.03. The molecule has 1 N–H and O–H groups in total. The Hall–Kier alpha value is -1.07. The molecule has 0 fully saturated rings. The van der Waals surface area contributed by atoms with E-state index in [0.29, 0.717) is 11.4 Å². The molecule has 0 aromatic heterocycles. The Morgan fingerprint density at radius 1 is 1.37 bits per heavy atom. The molecule has 5 heteroatoms. The van der Waals surface area contributed by atoms with Crippen LogP contribution in [0.1, 0.15) is 30.6 Å². The van der Waals surface area contributed by atoms with Crippen molar-refractivity contribution in [1.29, 1.82) is 0 Å². The normalized spacial score (nSPS) is 10.8. The van der Waals surface area contributed by atoms with E-state index < -0.39 is 5.82 Å². The Morgan fingerprint density at radius 2 is 2.05 bits per heavy atom. The molecule has 1 amide bonds. The molecular weight excluding hydrogens is 263 g/mol. The lowest BCUT2D eigenvalue weighted by molar-refractivity contribution is 0.0947. The van der Waals surface area contributed by atoms with Crippen LogP contribution in [0.2, 0.25) is 0 Å². The van der Waals surface area contributed by atoms with Crippen LogP contribution in [0.15, 0.2) is 23.1 Å². The van der Waals surface area contributed by atoms with E-state index in [0.717, 1.165) is 26.1 Å². The predicted octanol–water partition coefficient (Wildman–Crippen LogP) is 2.58. The second-order valence-electron chi connectivity index (χ2n) is 4.30. The molecule has 0 saturated heterocycles. The van der Waals surface area contributed by atoms with E-state index >= 15 is 0 Å². The summed E-state index contributed by atoms with van der Waals surface area (Å²) in [4.78, 5) is 14.7. The highest BCUT2D eigenvalue weighted by atomic mass is 32.1. The van der Waals surface area contributed by atoms with Gasteiger partial charge >= 0.3 is 0 Å². The van der Waals surface area contributed by atoms with Crippen molar-refractivity contribution in [3.05, 3.63) is 29.6 Å². The highest BCUT2D eigenvalue weighted by Gasteiger charge is 2.11. The van der Waals surface area contributed by atoms with Crippen molar-refractivity contribution in [3.8, 4) is 0 Å². The third kappa shape index (κ3) is 5.20. The van der Waals surface area contributed by atoms with E-state index in [1.54, 1.807) is 0 Å². The molecule has 0 aliphatic rings. The molecule has 0 heterocycles. The van der Waals surface area contributed by atoms with E-state index in [1.807, 2.05) is 0 Å². The van der Waals surface area contributed by atoms with Gasteiger partial charge in [-0.25, -0.2) is 4.39 Å². The number of carbonyl (C=O) groups excluding carboxylic acids is 1. The molecule has 1 aromatic carbocycles. The lowest BCUT2D eigenvalue weighted by Gasteiger charge is -2.17. The van der Waals surface area contributed by atoms with Gasteiger partial charge in [0.2, 0.25) is 0 Å². The topological polar surface area (TPSA) is 32.3 Å². The van der Waals surface area contributed by atoms with E-state index in [9.17, 15) is 9.18 Å². The molecule has 1 aromatic rings. The van der Waals surface area contributed by atoms with Gasteiger partial charge in [-0.15, -0.1) is 12.6 Å². The van der Waals surface area contributed by atoms with Gasteiger partial charge < -0.3 is 10.2 Å². The average Bonchev–Trinajstić information content (AvgIpc) is 2.41. The Balaban J connectivity index is 2.41.